The van der Waals surface area contributed by atoms with Crippen LogP contribution in [0.25, 0.3) is 0 Å². The van der Waals surface area contributed by atoms with Crippen molar-refractivity contribution < 1.29 is 18.3 Å². The molecule has 16 heavy (non-hydrogen) atoms. The van der Waals surface area contributed by atoms with Gasteiger partial charge in [0.2, 0.25) is 0 Å². The molecule has 0 unspecified atom stereocenters. The Bertz CT molecular complexity index is 362. The molecule has 0 fully saturated rings. The summed E-state index contributed by atoms with van der Waals surface area (Å²) in [5.41, 5.74) is 0.770. The van der Waals surface area contributed by atoms with Crippen LogP contribution >= 0.6 is 0 Å². The van der Waals surface area contributed by atoms with Gasteiger partial charge in [-0.2, -0.15) is 8.78 Å². The third kappa shape index (κ3) is 3.61. The molecule has 0 aromatic heterocycles. The van der Waals surface area contributed by atoms with Crippen LogP contribution in [-0.4, -0.2) is 12.4 Å². The molecule has 1 aromatic rings. The van der Waals surface area contributed by atoms with Crippen LogP contribution in [0.15, 0.2) is 24.3 Å². The first-order valence-electron chi connectivity index (χ1n) is 5.08. The lowest BCUT2D eigenvalue weighted by Crippen LogP contribution is -2.18. The van der Waals surface area contributed by atoms with E-state index in [4.69, 9.17) is 0 Å². The summed E-state index contributed by atoms with van der Waals surface area (Å²) < 4.78 is 28.7. The lowest BCUT2D eigenvalue weighted by atomic mass is 10.0. The van der Waals surface area contributed by atoms with Crippen molar-refractivity contribution in [2.24, 2.45) is 5.92 Å². The van der Waals surface area contributed by atoms with Gasteiger partial charge in [0.15, 0.2) is 0 Å². The number of hydrogen-bond acceptors (Lipinski definition) is 2. The summed E-state index contributed by atoms with van der Waals surface area (Å²) in [5, 5.41) is 0. The third-order valence-electron chi connectivity index (χ3n) is 1.99. The molecule has 4 heteroatoms. The van der Waals surface area contributed by atoms with Crippen LogP contribution in [0.4, 0.5) is 8.78 Å². The summed E-state index contributed by atoms with van der Waals surface area (Å²) in [5.74, 6) is -0.913. The molecule has 0 spiro atoms. The minimum atomic E-state index is -3.09. The Balaban J connectivity index is 2.82. The van der Waals surface area contributed by atoms with Crippen LogP contribution in [0.2, 0.25) is 0 Å². The Labute approximate surface area is 93.2 Å². The minimum Gasteiger partial charge on any atom is -0.422 e. The Kier molecular flexibility index (Phi) is 4.40. The van der Waals surface area contributed by atoms with Gasteiger partial charge in [0.25, 0.3) is 0 Å². The van der Waals surface area contributed by atoms with Crippen LogP contribution in [-0.2, 0) is 11.2 Å². The van der Waals surface area contributed by atoms with E-state index in [-0.39, 0.29) is 5.75 Å². The van der Waals surface area contributed by atoms with Crippen LogP contribution < -0.4 is 4.74 Å². The van der Waals surface area contributed by atoms with E-state index in [1.807, 2.05) is 13.8 Å². The van der Waals surface area contributed by atoms with E-state index in [0.717, 1.165) is 5.56 Å². The van der Waals surface area contributed by atoms with Crippen molar-refractivity contribution in [1.29, 1.82) is 0 Å². The van der Waals surface area contributed by atoms with Crippen LogP contribution in [0, 0.1) is 5.92 Å². The zero-order chi connectivity index (χ0) is 12.1. The van der Waals surface area contributed by atoms with E-state index in [0.29, 0.717) is 12.3 Å². The van der Waals surface area contributed by atoms with Gasteiger partial charge < -0.3 is 4.74 Å². The van der Waals surface area contributed by atoms with E-state index in [1.54, 1.807) is 18.2 Å². The fraction of sp³-hybridized carbons (Fsp3) is 0.417. The lowest BCUT2D eigenvalue weighted by Gasteiger charge is -2.11. The first kappa shape index (κ1) is 12.6. The summed E-state index contributed by atoms with van der Waals surface area (Å²) in [6.45, 7) is 4.01. The normalized spacial score (nSPS) is 10.9. The zero-order valence-corrected chi connectivity index (χ0v) is 9.24. The SMILES string of the molecule is CC(C)Cc1ccccc1OC(=O)C(F)F. The predicted molar refractivity (Wildman–Crippen MR) is 56.6 cm³/mol. The largest absolute Gasteiger partial charge is 0.422 e. The number of alkyl halides is 2. The number of para-hydroxylation sites is 1. The summed E-state index contributed by atoms with van der Waals surface area (Å²) >= 11 is 0. The van der Waals surface area contributed by atoms with E-state index in [1.165, 1.54) is 6.07 Å². The van der Waals surface area contributed by atoms with Crippen molar-refractivity contribution >= 4 is 5.97 Å². The monoisotopic (exact) mass is 228 g/mol. The molecule has 0 bridgehead atoms. The fourth-order valence-electron chi connectivity index (χ4n) is 1.36. The number of carbonyl (C=O) groups is 1. The number of benzene rings is 1. The Morgan fingerprint density at radius 2 is 1.94 bits per heavy atom. The molecule has 0 aliphatic heterocycles. The second-order valence-corrected chi connectivity index (χ2v) is 3.93. The van der Waals surface area contributed by atoms with Crippen molar-refractivity contribution in [3.05, 3.63) is 29.8 Å². The van der Waals surface area contributed by atoms with Gasteiger partial charge in [-0.1, -0.05) is 32.0 Å². The van der Waals surface area contributed by atoms with Gasteiger partial charge in [-0.25, -0.2) is 4.79 Å². The van der Waals surface area contributed by atoms with Gasteiger partial charge in [-0.3, -0.25) is 0 Å². The number of carbonyl (C=O) groups excluding carboxylic acids is 1. The van der Waals surface area contributed by atoms with Crippen LogP contribution in [0.3, 0.4) is 0 Å². The van der Waals surface area contributed by atoms with E-state index in [9.17, 15) is 13.6 Å². The van der Waals surface area contributed by atoms with Gasteiger partial charge in [-0.05, 0) is 24.0 Å². The second kappa shape index (κ2) is 5.58. The van der Waals surface area contributed by atoms with E-state index >= 15 is 0 Å². The second-order valence-electron chi connectivity index (χ2n) is 3.93. The highest BCUT2D eigenvalue weighted by atomic mass is 19.3. The molecule has 0 radical (unpaired) electrons. The van der Waals surface area contributed by atoms with E-state index in [2.05, 4.69) is 4.74 Å². The predicted octanol–water partition coefficient (Wildman–Crippen LogP) is 3.06. The molecule has 1 aromatic carbocycles. The Morgan fingerprint density at radius 1 is 1.31 bits per heavy atom. The van der Waals surface area contributed by atoms with Gasteiger partial charge >= 0.3 is 12.4 Å². The molecule has 1 rings (SSSR count). The highest BCUT2D eigenvalue weighted by molar-refractivity contribution is 5.75. The first-order chi connectivity index (χ1) is 7.50. The maximum atomic E-state index is 12.0. The molecular formula is C12H14F2O2. The first-order valence-corrected chi connectivity index (χ1v) is 5.08. The van der Waals surface area contributed by atoms with Crippen molar-refractivity contribution in [3.8, 4) is 5.75 Å². The number of halogens is 2. The van der Waals surface area contributed by atoms with Crippen molar-refractivity contribution in [2.75, 3.05) is 0 Å². The molecule has 0 aliphatic carbocycles. The highest BCUT2D eigenvalue weighted by Crippen LogP contribution is 2.22. The van der Waals surface area contributed by atoms with Crippen molar-refractivity contribution in [1.82, 2.24) is 0 Å². The van der Waals surface area contributed by atoms with Crippen LogP contribution in [0.5, 0.6) is 5.75 Å². The van der Waals surface area contributed by atoms with Gasteiger partial charge in [0, 0.05) is 0 Å². The molecule has 0 N–H and O–H groups in total. The zero-order valence-electron chi connectivity index (χ0n) is 9.24. The third-order valence-corrected chi connectivity index (χ3v) is 1.99. The molecule has 0 saturated carbocycles. The van der Waals surface area contributed by atoms with Gasteiger partial charge in [0.05, 0.1) is 0 Å². The van der Waals surface area contributed by atoms with Crippen LogP contribution in [0.1, 0.15) is 19.4 Å². The summed E-state index contributed by atoms with van der Waals surface area (Å²) in [4.78, 5) is 10.8. The average molecular weight is 228 g/mol. The summed E-state index contributed by atoms with van der Waals surface area (Å²) in [6.07, 6.45) is -2.40. The number of ether oxygens (including phenoxy) is 1. The maximum absolute atomic E-state index is 12.0. The average Bonchev–Trinajstić information content (AvgIpc) is 2.20. The quantitative estimate of drug-likeness (QED) is 0.584. The fourth-order valence-corrected chi connectivity index (χ4v) is 1.36. The number of hydrogen-bond donors (Lipinski definition) is 0. The molecule has 0 atom stereocenters. The topological polar surface area (TPSA) is 26.3 Å². The van der Waals surface area contributed by atoms with Gasteiger partial charge in [-0.15, -0.1) is 0 Å². The van der Waals surface area contributed by atoms with E-state index < -0.39 is 12.4 Å². The molecule has 0 amide bonds. The molecule has 0 heterocycles. The smallest absolute Gasteiger partial charge is 0.379 e. The van der Waals surface area contributed by atoms with Crippen molar-refractivity contribution in [3.63, 3.8) is 0 Å². The lowest BCUT2D eigenvalue weighted by molar-refractivity contribution is -0.146. The number of rotatable bonds is 4. The molecular weight excluding hydrogens is 214 g/mol. The summed E-state index contributed by atoms with van der Waals surface area (Å²) in [6, 6.07) is 6.74. The molecule has 0 aliphatic rings. The number of esters is 1. The summed E-state index contributed by atoms with van der Waals surface area (Å²) in [7, 11) is 0. The van der Waals surface area contributed by atoms with Gasteiger partial charge in [0.1, 0.15) is 5.75 Å². The molecule has 0 saturated heterocycles. The standard InChI is InChI=1S/C12H14F2O2/c1-8(2)7-9-5-3-4-6-10(9)16-12(15)11(13)14/h3-6,8,11H,7H2,1-2H3. The van der Waals surface area contributed by atoms with Crippen molar-refractivity contribution in [2.45, 2.75) is 26.7 Å². The molecule has 88 valence electrons. The Morgan fingerprint density at radius 3 is 2.50 bits per heavy atom. The molecule has 2 nitrogen and oxygen atoms in total. The maximum Gasteiger partial charge on any atom is 0.379 e. The minimum absolute atomic E-state index is 0.224. The Hall–Kier alpha value is -1.45. The highest BCUT2D eigenvalue weighted by Gasteiger charge is 2.19.